The van der Waals surface area contributed by atoms with Crippen molar-refractivity contribution < 1.29 is 51.8 Å². The maximum Gasteiger partial charge on any atom is 0.397 e. The molecule has 0 aliphatic carbocycles. The molecule has 1 fully saturated rings. The van der Waals surface area contributed by atoms with E-state index in [1.165, 1.54) is 218 Å². The molecule has 7 unspecified atom stereocenters. The normalized spacial score (nSPS) is 19.7. The Morgan fingerprint density at radius 3 is 1.26 bits per heavy atom. The molecule has 6 N–H and O–H groups in total. The number of nitrogens with one attached hydrogen (secondary N) is 1. The second kappa shape index (κ2) is 46.6. The molecule has 0 aromatic carbocycles. The van der Waals surface area contributed by atoms with E-state index in [0.29, 0.717) is 6.42 Å². The summed E-state index contributed by atoms with van der Waals surface area (Å²) < 4.78 is 47.8. The first-order valence-corrected chi connectivity index (χ1v) is 30.4. The maximum absolute atomic E-state index is 13.1. The van der Waals surface area contributed by atoms with Gasteiger partial charge in [0.05, 0.1) is 25.4 Å². The average Bonchev–Trinajstić information content (AvgIpc) is 3.32. The SMILES string of the molecule is CCCCCCCCCCCCCCCC/C=C/C(O)C(COC1OC(CO)C(O)C(OS(=O)(=O)O)C1O)NC(=O)CCCCCCCCCCCCCCCCCCCCCCCCCCCC. The topological polar surface area (TPSA) is 192 Å². The van der Waals surface area contributed by atoms with Crippen molar-refractivity contribution in [1.29, 1.82) is 0 Å². The summed E-state index contributed by atoms with van der Waals surface area (Å²) in [6.07, 6.45) is 46.9. The van der Waals surface area contributed by atoms with Gasteiger partial charge in [0.1, 0.15) is 24.4 Å². The Morgan fingerprint density at radius 2 is 0.913 bits per heavy atom. The van der Waals surface area contributed by atoms with Gasteiger partial charge in [-0.3, -0.25) is 9.35 Å². The van der Waals surface area contributed by atoms with Crippen LogP contribution < -0.4 is 5.32 Å². The summed E-state index contributed by atoms with van der Waals surface area (Å²) in [5.41, 5.74) is 0. The summed E-state index contributed by atoms with van der Waals surface area (Å²) in [4.78, 5) is 13.1. The highest BCUT2D eigenvalue weighted by Gasteiger charge is 2.48. The molecular weight excluding hydrogens is 895 g/mol. The number of hydrogen-bond acceptors (Lipinski definition) is 10. The first-order valence-electron chi connectivity index (χ1n) is 29.1. The van der Waals surface area contributed by atoms with Gasteiger partial charge >= 0.3 is 10.4 Å². The fourth-order valence-corrected chi connectivity index (χ4v) is 10.1. The summed E-state index contributed by atoms with van der Waals surface area (Å²) in [6.45, 7) is 3.43. The summed E-state index contributed by atoms with van der Waals surface area (Å²) in [5, 5.41) is 44.9. The Hall–Kier alpha value is -1.16. The van der Waals surface area contributed by atoms with Crippen molar-refractivity contribution in [2.24, 2.45) is 0 Å². The van der Waals surface area contributed by atoms with Gasteiger partial charge in [-0.05, 0) is 19.3 Å². The van der Waals surface area contributed by atoms with Gasteiger partial charge in [-0.1, -0.05) is 270 Å². The number of ether oxygens (including phenoxy) is 2. The Balaban J connectivity index is 2.32. The zero-order valence-corrected chi connectivity index (χ0v) is 45.2. The van der Waals surface area contributed by atoms with E-state index in [0.717, 1.165) is 38.5 Å². The number of aliphatic hydroxyl groups is 4. The molecule has 410 valence electrons. The predicted molar refractivity (Wildman–Crippen MR) is 282 cm³/mol. The Morgan fingerprint density at radius 1 is 0.565 bits per heavy atom. The van der Waals surface area contributed by atoms with E-state index >= 15 is 0 Å². The highest BCUT2D eigenvalue weighted by Crippen LogP contribution is 2.26. The summed E-state index contributed by atoms with van der Waals surface area (Å²) in [7, 11) is -5.09. The van der Waals surface area contributed by atoms with Crippen LogP contribution in [0.5, 0.6) is 0 Å². The summed E-state index contributed by atoms with van der Waals surface area (Å²) in [6, 6.07) is -0.940. The van der Waals surface area contributed by atoms with Crippen LogP contribution in [-0.2, 0) is 28.9 Å². The van der Waals surface area contributed by atoms with E-state index in [1.54, 1.807) is 6.08 Å². The van der Waals surface area contributed by atoms with Crippen LogP contribution >= 0.6 is 0 Å². The highest BCUT2D eigenvalue weighted by atomic mass is 32.3. The number of unbranched alkanes of at least 4 members (excludes halogenated alkanes) is 39. The van der Waals surface area contributed by atoms with E-state index in [2.05, 4.69) is 23.3 Å². The smallest absolute Gasteiger partial charge is 0.394 e. The fourth-order valence-electron chi connectivity index (χ4n) is 9.58. The third kappa shape index (κ3) is 39.0. The molecule has 12 nitrogen and oxygen atoms in total. The third-order valence-corrected chi connectivity index (χ3v) is 14.5. The van der Waals surface area contributed by atoms with Crippen LogP contribution in [0.25, 0.3) is 0 Å². The number of aliphatic hydroxyl groups excluding tert-OH is 4. The van der Waals surface area contributed by atoms with Crippen molar-refractivity contribution in [2.45, 2.75) is 326 Å². The van der Waals surface area contributed by atoms with Gasteiger partial charge in [0.15, 0.2) is 6.29 Å². The lowest BCUT2D eigenvalue weighted by atomic mass is 9.99. The van der Waals surface area contributed by atoms with E-state index < -0.39 is 59.9 Å². The second-order valence-electron chi connectivity index (χ2n) is 20.6. The van der Waals surface area contributed by atoms with Gasteiger partial charge in [-0.25, -0.2) is 4.18 Å². The van der Waals surface area contributed by atoms with Gasteiger partial charge in [-0.15, -0.1) is 0 Å². The lowest BCUT2D eigenvalue weighted by molar-refractivity contribution is -0.298. The van der Waals surface area contributed by atoms with Gasteiger partial charge in [0.25, 0.3) is 0 Å². The van der Waals surface area contributed by atoms with Crippen molar-refractivity contribution in [2.75, 3.05) is 13.2 Å². The number of allylic oxidation sites excluding steroid dienone is 1. The Kier molecular flexibility index (Phi) is 44.5. The molecule has 7 atom stereocenters. The third-order valence-electron chi connectivity index (χ3n) is 14.1. The maximum atomic E-state index is 13.1. The molecule has 1 aliphatic rings. The number of hydrogen-bond donors (Lipinski definition) is 6. The molecular formula is C56H109NO11S. The zero-order chi connectivity index (χ0) is 50.5. The molecule has 1 saturated heterocycles. The molecule has 1 aliphatic heterocycles. The summed E-state index contributed by atoms with van der Waals surface area (Å²) >= 11 is 0. The second-order valence-corrected chi connectivity index (χ2v) is 21.6. The monoisotopic (exact) mass is 1000 g/mol. The van der Waals surface area contributed by atoms with E-state index in [4.69, 9.17) is 9.47 Å². The van der Waals surface area contributed by atoms with Crippen molar-refractivity contribution >= 4 is 16.3 Å². The minimum Gasteiger partial charge on any atom is -0.394 e. The number of amides is 1. The number of carbonyl (C=O) groups is 1. The molecule has 69 heavy (non-hydrogen) atoms. The van der Waals surface area contributed by atoms with Crippen molar-refractivity contribution in [3.05, 3.63) is 12.2 Å². The quantitative estimate of drug-likeness (QED) is 0.0193. The number of rotatable bonds is 51. The van der Waals surface area contributed by atoms with Crippen LogP contribution in [0.1, 0.15) is 284 Å². The lowest BCUT2D eigenvalue weighted by Gasteiger charge is -2.41. The van der Waals surface area contributed by atoms with E-state index in [1.807, 2.05) is 6.08 Å². The van der Waals surface area contributed by atoms with Gasteiger partial charge in [0.2, 0.25) is 5.91 Å². The number of carbonyl (C=O) groups excluding carboxylic acids is 1. The fraction of sp³-hybridized carbons (Fsp3) is 0.946. The molecule has 0 radical (unpaired) electrons. The molecule has 0 saturated carbocycles. The van der Waals surface area contributed by atoms with Crippen molar-refractivity contribution in [3.63, 3.8) is 0 Å². The average molecular weight is 1000 g/mol. The van der Waals surface area contributed by atoms with Gasteiger partial charge in [0, 0.05) is 6.42 Å². The molecule has 13 heteroatoms. The van der Waals surface area contributed by atoms with Crippen LogP contribution in [0, 0.1) is 0 Å². The van der Waals surface area contributed by atoms with E-state index in [9.17, 15) is 38.2 Å². The molecule has 1 rings (SSSR count). The first kappa shape index (κ1) is 65.9. The Labute approximate surface area is 423 Å². The van der Waals surface area contributed by atoms with Crippen LogP contribution in [0.2, 0.25) is 0 Å². The zero-order valence-electron chi connectivity index (χ0n) is 44.4. The first-order chi connectivity index (χ1) is 33.5. The summed E-state index contributed by atoms with van der Waals surface area (Å²) in [5.74, 6) is -0.256. The van der Waals surface area contributed by atoms with E-state index in [-0.39, 0.29) is 18.9 Å². The van der Waals surface area contributed by atoms with Crippen LogP contribution in [0.4, 0.5) is 0 Å². The minimum absolute atomic E-state index is 0.256. The highest BCUT2D eigenvalue weighted by molar-refractivity contribution is 7.80. The lowest BCUT2D eigenvalue weighted by Crippen LogP contribution is -2.61. The molecule has 1 amide bonds. The van der Waals surface area contributed by atoms with Crippen LogP contribution in [-0.4, -0.2) is 95.4 Å². The molecule has 0 aromatic heterocycles. The molecule has 0 spiro atoms. The molecule has 0 bridgehead atoms. The molecule has 0 aromatic rings. The van der Waals surface area contributed by atoms with Gasteiger partial charge in [-0.2, -0.15) is 8.42 Å². The van der Waals surface area contributed by atoms with Crippen LogP contribution in [0.3, 0.4) is 0 Å². The predicted octanol–water partition coefficient (Wildman–Crippen LogP) is 13.5. The van der Waals surface area contributed by atoms with Gasteiger partial charge < -0.3 is 35.2 Å². The largest absolute Gasteiger partial charge is 0.397 e. The minimum atomic E-state index is -5.09. The Bertz CT molecular complexity index is 1270. The molecule has 1 heterocycles. The standard InChI is InChI=1S/C56H109NO11S/c1-3-5-7-9-11-13-15-17-19-21-22-23-24-25-26-27-28-29-30-32-34-36-38-40-42-44-46-52(60)57-49(48-66-56-54(62)55(68-69(63,64)65)53(61)51(47-58)67-56)50(59)45-43-41-39-37-35-33-31-20-18-16-14-12-10-8-6-4-2/h43,45,49-51,53-56,58-59,61-62H,3-42,44,46-48H2,1-2H3,(H,57,60)(H,63,64,65)/b45-43+. The van der Waals surface area contributed by atoms with Crippen LogP contribution in [0.15, 0.2) is 12.2 Å². The van der Waals surface area contributed by atoms with Crippen molar-refractivity contribution in [3.8, 4) is 0 Å². The van der Waals surface area contributed by atoms with Crippen molar-refractivity contribution in [1.82, 2.24) is 5.32 Å².